The van der Waals surface area contributed by atoms with Gasteiger partial charge in [0.1, 0.15) is 5.69 Å². The van der Waals surface area contributed by atoms with Gasteiger partial charge < -0.3 is 10.4 Å². The van der Waals surface area contributed by atoms with E-state index in [0.717, 1.165) is 19.3 Å². The molecule has 5 nitrogen and oxygen atoms in total. The Kier molecular flexibility index (Phi) is 5.73. The molecule has 0 aliphatic carbocycles. The maximum absolute atomic E-state index is 11.9. The van der Waals surface area contributed by atoms with Crippen molar-refractivity contribution in [3.63, 3.8) is 0 Å². The summed E-state index contributed by atoms with van der Waals surface area (Å²) in [6, 6.07) is 2.81. The van der Waals surface area contributed by atoms with Crippen molar-refractivity contribution in [1.82, 2.24) is 10.3 Å². The second-order valence-corrected chi connectivity index (χ2v) is 4.33. The lowest BCUT2D eigenvalue weighted by atomic mass is 10.1. The fraction of sp³-hybridized carbons (Fsp3) is 0.357. The van der Waals surface area contributed by atoms with Crippen molar-refractivity contribution in [1.29, 1.82) is 0 Å². The molecule has 0 saturated carbocycles. The van der Waals surface area contributed by atoms with E-state index in [4.69, 9.17) is 5.11 Å². The molecule has 1 aromatic heterocycles. The first kappa shape index (κ1) is 14.9. The van der Waals surface area contributed by atoms with E-state index in [1.807, 2.05) is 13.0 Å². The Morgan fingerprint density at radius 3 is 2.95 bits per heavy atom. The van der Waals surface area contributed by atoms with E-state index in [9.17, 15) is 9.59 Å². The van der Waals surface area contributed by atoms with E-state index in [1.165, 1.54) is 18.3 Å². The Morgan fingerprint density at radius 1 is 1.58 bits per heavy atom. The van der Waals surface area contributed by atoms with Crippen LogP contribution in [-0.4, -0.2) is 28.0 Å². The first-order chi connectivity index (χ1) is 9.04. The second kappa shape index (κ2) is 7.31. The topological polar surface area (TPSA) is 79.3 Å². The number of rotatable bonds is 7. The van der Waals surface area contributed by atoms with Gasteiger partial charge >= 0.3 is 5.97 Å². The number of carbonyl (C=O) groups is 2. The highest BCUT2D eigenvalue weighted by molar-refractivity contribution is 5.96. The number of carboxylic acids is 1. The third-order valence-corrected chi connectivity index (χ3v) is 2.66. The van der Waals surface area contributed by atoms with Crippen molar-refractivity contribution in [2.75, 3.05) is 0 Å². The molecule has 102 valence electrons. The maximum atomic E-state index is 11.9. The highest BCUT2D eigenvalue weighted by Gasteiger charge is 2.12. The monoisotopic (exact) mass is 262 g/mol. The summed E-state index contributed by atoms with van der Waals surface area (Å²) in [5.41, 5.74) is 0.176. The van der Waals surface area contributed by atoms with Gasteiger partial charge in [-0.15, -0.1) is 6.58 Å². The van der Waals surface area contributed by atoms with Crippen LogP contribution in [0.2, 0.25) is 0 Å². The number of carbonyl (C=O) groups excluding carboxylic acids is 1. The number of amides is 1. The van der Waals surface area contributed by atoms with Crippen LogP contribution in [0.5, 0.6) is 0 Å². The molecule has 0 aliphatic heterocycles. The Hall–Kier alpha value is -2.17. The number of carboxylic acid groups (broad SMARTS) is 1. The highest BCUT2D eigenvalue weighted by Crippen LogP contribution is 2.05. The number of aromatic nitrogens is 1. The third-order valence-electron chi connectivity index (χ3n) is 2.66. The van der Waals surface area contributed by atoms with Gasteiger partial charge in [0.05, 0.1) is 0 Å². The van der Waals surface area contributed by atoms with Gasteiger partial charge in [0, 0.05) is 17.8 Å². The van der Waals surface area contributed by atoms with Crippen molar-refractivity contribution in [3.05, 3.63) is 42.2 Å². The van der Waals surface area contributed by atoms with Crippen LogP contribution in [0.15, 0.2) is 31.0 Å². The van der Waals surface area contributed by atoms with Crippen molar-refractivity contribution >= 4 is 11.9 Å². The second-order valence-electron chi connectivity index (χ2n) is 4.33. The zero-order chi connectivity index (χ0) is 14.3. The summed E-state index contributed by atoms with van der Waals surface area (Å²) >= 11 is 0. The van der Waals surface area contributed by atoms with Gasteiger partial charge in [-0.05, 0) is 38.3 Å². The third kappa shape index (κ3) is 4.91. The number of allylic oxidation sites excluding steroid dienone is 1. The van der Waals surface area contributed by atoms with Crippen LogP contribution in [0.3, 0.4) is 0 Å². The normalized spacial score (nSPS) is 11.6. The molecule has 0 saturated heterocycles. The minimum Gasteiger partial charge on any atom is -0.477 e. The molecule has 0 bridgehead atoms. The minimum absolute atomic E-state index is 0.0360. The van der Waals surface area contributed by atoms with Crippen molar-refractivity contribution < 1.29 is 14.7 Å². The summed E-state index contributed by atoms with van der Waals surface area (Å²) in [5.74, 6) is -1.43. The Bertz CT molecular complexity index is 472. The van der Waals surface area contributed by atoms with Crippen LogP contribution in [-0.2, 0) is 0 Å². The number of hydrogen-bond acceptors (Lipinski definition) is 3. The van der Waals surface area contributed by atoms with E-state index < -0.39 is 5.97 Å². The number of pyridine rings is 1. The van der Waals surface area contributed by atoms with Gasteiger partial charge in [-0.2, -0.15) is 0 Å². The number of nitrogens with one attached hydrogen (secondary N) is 1. The summed E-state index contributed by atoms with van der Waals surface area (Å²) in [6.45, 7) is 5.56. The molecule has 1 rings (SSSR count). The van der Waals surface area contributed by atoms with Gasteiger partial charge in [0.25, 0.3) is 5.91 Å². The molecule has 1 unspecified atom stereocenters. The fourth-order valence-electron chi connectivity index (χ4n) is 1.64. The SMILES string of the molecule is C=CCCCC(C)NC(=O)c1ccnc(C(=O)O)c1. The molecular weight excluding hydrogens is 244 g/mol. The van der Waals surface area contributed by atoms with Crippen LogP contribution in [0.25, 0.3) is 0 Å². The molecule has 0 spiro atoms. The molecule has 1 aromatic rings. The smallest absolute Gasteiger partial charge is 0.354 e. The lowest BCUT2D eigenvalue weighted by Crippen LogP contribution is -2.32. The summed E-state index contributed by atoms with van der Waals surface area (Å²) < 4.78 is 0. The van der Waals surface area contributed by atoms with Crippen molar-refractivity contribution in [3.8, 4) is 0 Å². The molecule has 0 aliphatic rings. The molecule has 1 atom stereocenters. The Morgan fingerprint density at radius 2 is 2.32 bits per heavy atom. The standard InChI is InChI=1S/C14H18N2O3/c1-3-4-5-6-10(2)16-13(17)11-7-8-15-12(9-11)14(18)19/h3,7-10H,1,4-6H2,2H3,(H,16,17)(H,18,19). The molecule has 2 N–H and O–H groups in total. The van der Waals surface area contributed by atoms with E-state index in [0.29, 0.717) is 5.56 Å². The predicted molar refractivity (Wildman–Crippen MR) is 72.2 cm³/mol. The molecule has 5 heteroatoms. The average molecular weight is 262 g/mol. The van der Waals surface area contributed by atoms with Gasteiger partial charge in [-0.25, -0.2) is 9.78 Å². The van der Waals surface area contributed by atoms with Crippen LogP contribution >= 0.6 is 0 Å². The molecule has 0 aromatic carbocycles. The molecular formula is C14H18N2O3. The lowest BCUT2D eigenvalue weighted by Gasteiger charge is -2.13. The fourth-order valence-corrected chi connectivity index (χ4v) is 1.64. The largest absolute Gasteiger partial charge is 0.477 e. The Labute approximate surface area is 112 Å². The molecule has 19 heavy (non-hydrogen) atoms. The highest BCUT2D eigenvalue weighted by atomic mass is 16.4. The van der Waals surface area contributed by atoms with Gasteiger partial charge in [0.2, 0.25) is 0 Å². The summed E-state index contributed by atoms with van der Waals surface area (Å²) in [4.78, 5) is 26.3. The number of hydrogen-bond donors (Lipinski definition) is 2. The van der Waals surface area contributed by atoms with Gasteiger partial charge in [0.15, 0.2) is 0 Å². The van der Waals surface area contributed by atoms with Gasteiger partial charge in [-0.1, -0.05) is 6.08 Å². The van der Waals surface area contributed by atoms with Crippen molar-refractivity contribution in [2.24, 2.45) is 0 Å². The minimum atomic E-state index is -1.14. The van der Waals surface area contributed by atoms with Crippen molar-refractivity contribution in [2.45, 2.75) is 32.2 Å². The predicted octanol–water partition coefficient (Wildman–Crippen LogP) is 2.25. The zero-order valence-electron chi connectivity index (χ0n) is 10.9. The van der Waals surface area contributed by atoms with Crippen LogP contribution in [0.1, 0.15) is 47.0 Å². The van der Waals surface area contributed by atoms with E-state index in [2.05, 4.69) is 16.9 Å². The van der Waals surface area contributed by atoms with Crippen LogP contribution in [0, 0.1) is 0 Å². The van der Waals surface area contributed by atoms with Crippen LogP contribution < -0.4 is 5.32 Å². The van der Waals surface area contributed by atoms with Gasteiger partial charge in [-0.3, -0.25) is 4.79 Å². The average Bonchev–Trinajstić information content (AvgIpc) is 2.39. The van der Waals surface area contributed by atoms with E-state index >= 15 is 0 Å². The first-order valence-electron chi connectivity index (χ1n) is 6.15. The lowest BCUT2D eigenvalue weighted by molar-refractivity contribution is 0.0690. The first-order valence-corrected chi connectivity index (χ1v) is 6.15. The van der Waals surface area contributed by atoms with Crippen LogP contribution in [0.4, 0.5) is 0 Å². The number of nitrogens with zero attached hydrogens (tertiary/aromatic N) is 1. The summed E-state index contributed by atoms with van der Waals surface area (Å²) in [5, 5.41) is 11.6. The number of aromatic carboxylic acids is 1. The van der Waals surface area contributed by atoms with E-state index in [-0.39, 0.29) is 17.6 Å². The molecule has 1 heterocycles. The zero-order valence-corrected chi connectivity index (χ0v) is 10.9. The molecule has 0 radical (unpaired) electrons. The summed E-state index contributed by atoms with van der Waals surface area (Å²) in [7, 11) is 0. The molecule has 0 fully saturated rings. The summed E-state index contributed by atoms with van der Waals surface area (Å²) in [6.07, 6.45) is 5.90. The maximum Gasteiger partial charge on any atom is 0.354 e. The number of unbranched alkanes of at least 4 members (excludes halogenated alkanes) is 1. The molecule has 1 amide bonds. The quantitative estimate of drug-likeness (QED) is 0.583. The van der Waals surface area contributed by atoms with E-state index in [1.54, 1.807) is 0 Å². The Balaban J connectivity index is 2.60.